The predicted molar refractivity (Wildman–Crippen MR) is 114 cm³/mol. The van der Waals surface area contributed by atoms with Crippen LogP contribution in [-0.2, 0) is 4.79 Å². The maximum absolute atomic E-state index is 13.0. The molecule has 0 bridgehead atoms. The number of carbonyl (C=O) groups is 3. The van der Waals surface area contributed by atoms with Crippen LogP contribution in [0.4, 0.5) is 20.6 Å². The van der Waals surface area contributed by atoms with E-state index in [2.05, 4.69) is 10.6 Å². The Hall–Kier alpha value is -3.22. The van der Waals surface area contributed by atoms with Gasteiger partial charge in [0.2, 0.25) is 5.91 Å². The molecule has 158 valence electrons. The molecular weight excluding hydrogens is 385 g/mol. The maximum Gasteiger partial charge on any atom is 0.321 e. The summed E-state index contributed by atoms with van der Waals surface area (Å²) >= 11 is 0. The largest absolute Gasteiger partial charge is 0.326 e. The number of urea groups is 1. The normalized spacial score (nSPS) is 15.4. The third-order valence-corrected chi connectivity index (χ3v) is 5.58. The summed E-state index contributed by atoms with van der Waals surface area (Å²) in [6, 6.07) is 12.3. The van der Waals surface area contributed by atoms with Crippen molar-refractivity contribution in [1.29, 1.82) is 0 Å². The van der Waals surface area contributed by atoms with Gasteiger partial charge in [-0.2, -0.15) is 0 Å². The number of halogens is 1. The number of nitrogens with zero attached hydrogens (tertiary/aromatic N) is 1. The lowest BCUT2D eigenvalue weighted by Crippen LogP contribution is -2.43. The minimum atomic E-state index is -0.353. The lowest BCUT2D eigenvalue weighted by Gasteiger charge is -2.34. The predicted octanol–water partition coefficient (Wildman–Crippen LogP) is 4.55. The van der Waals surface area contributed by atoms with Crippen molar-refractivity contribution in [2.24, 2.45) is 11.8 Å². The van der Waals surface area contributed by atoms with Crippen LogP contribution in [0, 0.1) is 17.7 Å². The molecule has 0 radical (unpaired) electrons. The molecule has 0 saturated carbocycles. The van der Waals surface area contributed by atoms with Gasteiger partial charge in [-0.05, 0) is 62.1 Å². The van der Waals surface area contributed by atoms with Crippen molar-refractivity contribution in [2.45, 2.75) is 26.7 Å². The van der Waals surface area contributed by atoms with Crippen LogP contribution in [0.3, 0.4) is 0 Å². The van der Waals surface area contributed by atoms with E-state index in [4.69, 9.17) is 0 Å². The standard InChI is InChI=1S/C23H26FN3O3/c1-15(22(29)25-21-5-3-4-18(14-21)16(2)28)17-10-12-27(13-11-17)23(30)26-20-8-6-19(24)7-9-20/h3-9,14-15,17H,10-13H2,1-2H3,(H,25,29)(H,26,30)/t15-/m1/s1. The van der Waals surface area contributed by atoms with Crippen LogP contribution in [0.5, 0.6) is 0 Å². The Morgan fingerprint density at radius 1 is 1.00 bits per heavy atom. The van der Waals surface area contributed by atoms with E-state index in [1.54, 1.807) is 29.2 Å². The van der Waals surface area contributed by atoms with Crippen molar-refractivity contribution in [3.8, 4) is 0 Å². The first-order chi connectivity index (χ1) is 14.3. The molecule has 2 aromatic rings. The zero-order valence-corrected chi connectivity index (χ0v) is 17.2. The first kappa shape index (κ1) is 21.5. The average molecular weight is 411 g/mol. The SMILES string of the molecule is CC(=O)c1cccc(NC(=O)[C@H](C)C2CCN(C(=O)Nc3ccc(F)cc3)CC2)c1. The van der Waals surface area contributed by atoms with Gasteiger partial charge in [-0.25, -0.2) is 9.18 Å². The van der Waals surface area contributed by atoms with E-state index in [9.17, 15) is 18.8 Å². The zero-order chi connectivity index (χ0) is 21.7. The van der Waals surface area contributed by atoms with Crippen LogP contribution in [0.25, 0.3) is 0 Å². The van der Waals surface area contributed by atoms with Gasteiger partial charge in [0.15, 0.2) is 5.78 Å². The number of likely N-dealkylation sites (tertiary alicyclic amines) is 1. The lowest BCUT2D eigenvalue weighted by atomic mass is 9.85. The number of nitrogens with one attached hydrogen (secondary N) is 2. The fourth-order valence-electron chi connectivity index (χ4n) is 3.62. The summed E-state index contributed by atoms with van der Waals surface area (Å²) in [5, 5.41) is 5.66. The van der Waals surface area contributed by atoms with Crippen LogP contribution >= 0.6 is 0 Å². The summed E-state index contributed by atoms with van der Waals surface area (Å²) in [7, 11) is 0. The molecule has 6 nitrogen and oxygen atoms in total. The molecule has 0 aromatic heterocycles. The number of hydrogen-bond acceptors (Lipinski definition) is 3. The number of rotatable bonds is 5. The number of carbonyl (C=O) groups excluding carboxylic acids is 3. The van der Waals surface area contributed by atoms with Gasteiger partial charge in [0.25, 0.3) is 0 Å². The van der Waals surface area contributed by atoms with Crippen molar-refractivity contribution in [3.63, 3.8) is 0 Å². The van der Waals surface area contributed by atoms with Gasteiger partial charge in [-0.3, -0.25) is 9.59 Å². The van der Waals surface area contributed by atoms with Crippen LogP contribution in [-0.4, -0.2) is 35.7 Å². The molecule has 1 heterocycles. The highest BCUT2D eigenvalue weighted by molar-refractivity contribution is 5.97. The van der Waals surface area contributed by atoms with E-state index in [0.717, 1.165) is 12.8 Å². The Morgan fingerprint density at radius 2 is 1.67 bits per heavy atom. The van der Waals surface area contributed by atoms with Crippen molar-refractivity contribution >= 4 is 29.1 Å². The molecule has 2 aromatic carbocycles. The van der Waals surface area contributed by atoms with Crippen molar-refractivity contribution in [2.75, 3.05) is 23.7 Å². The number of anilines is 2. The van der Waals surface area contributed by atoms with E-state index < -0.39 is 0 Å². The average Bonchev–Trinajstić information content (AvgIpc) is 2.75. The van der Waals surface area contributed by atoms with Crippen molar-refractivity contribution in [1.82, 2.24) is 4.90 Å². The van der Waals surface area contributed by atoms with Gasteiger partial charge in [0, 0.05) is 35.9 Å². The molecule has 1 atom stereocenters. The van der Waals surface area contributed by atoms with E-state index >= 15 is 0 Å². The Bertz CT molecular complexity index is 922. The molecule has 0 unspecified atom stereocenters. The monoisotopic (exact) mass is 411 g/mol. The molecule has 3 rings (SSSR count). The minimum absolute atomic E-state index is 0.0505. The van der Waals surface area contributed by atoms with Crippen LogP contribution in [0.15, 0.2) is 48.5 Å². The number of benzene rings is 2. The highest BCUT2D eigenvalue weighted by Crippen LogP contribution is 2.27. The molecular formula is C23H26FN3O3. The van der Waals surface area contributed by atoms with Gasteiger partial charge in [-0.1, -0.05) is 19.1 Å². The summed E-state index contributed by atoms with van der Waals surface area (Å²) in [6.07, 6.45) is 1.44. The third kappa shape index (κ3) is 5.43. The zero-order valence-electron chi connectivity index (χ0n) is 17.2. The van der Waals surface area contributed by atoms with E-state index in [-0.39, 0.29) is 35.4 Å². The highest BCUT2D eigenvalue weighted by Gasteiger charge is 2.30. The van der Waals surface area contributed by atoms with Crippen LogP contribution < -0.4 is 10.6 Å². The quantitative estimate of drug-likeness (QED) is 0.709. The molecule has 1 fully saturated rings. The van der Waals surface area contributed by atoms with Crippen molar-refractivity contribution < 1.29 is 18.8 Å². The molecule has 30 heavy (non-hydrogen) atoms. The summed E-state index contributed by atoms with van der Waals surface area (Å²) < 4.78 is 13.0. The fourth-order valence-corrected chi connectivity index (χ4v) is 3.62. The molecule has 0 spiro atoms. The Morgan fingerprint density at radius 3 is 2.30 bits per heavy atom. The van der Waals surface area contributed by atoms with E-state index in [1.807, 2.05) is 6.92 Å². The number of hydrogen-bond donors (Lipinski definition) is 2. The number of Topliss-reactive ketones (excluding diaryl/α,β-unsaturated/α-hetero) is 1. The van der Waals surface area contributed by atoms with Crippen LogP contribution in [0.1, 0.15) is 37.0 Å². The second-order valence-corrected chi connectivity index (χ2v) is 7.68. The van der Waals surface area contributed by atoms with E-state index in [1.165, 1.54) is 31.2 Å². The number of amides is 3. The molecule has 1 aliphatic heterocycles. The lowest BCUT2D eigenvalue weighted by molar-refractivity contribution is -0.121. The third-order valence-electron chi connectivity index (χ3n) is 5.58. The first-order valence-corrected chi connectivity index (χ1v) is 10.1. The first-order valence-electron chi connectivity index (χ1n) is 10.1. The smallest absolute Gasteiger partial charge is 0.321 e. The number of ketones is 1. The number of piperidine rings is 1. The van der Waals surface area contributed by atoms with E-state index in [0.29, 0.717) is 30.0 Å². The van der Waals surface area contributed by atoms with Crippen molar-refractivity contribution in [3.05, 3.63) is 59.9 Å². The van der Waals surface area contributed by atoms with Gasteiger partial charge in [0.1, 0.15) is 5.82 Å². The van der Waals surface area contributed by atoms with Crippen LogP contribution in [0.2, 0.25) is 0 Å². The molecule has 3 amide bonds. The Kier molecular flexibility index (Phi) is 6.82. The second kappa shape index (κ2) is 9.52. The van der Waals surface area contributed by atoms with Gasteiger partial charge >= 0.3 is 6.03 Å². The minimum Gasteiger partial charge on any atom is -0.326 e. The molecule has 1 aliphatic rings. The molecule has 0 aliphatic carbocycles. The molecule has 7 heteroatoms. The summed E-state index contributed by atoms with van der Waals surface area (Å²) in [5.41, 5.74) is 1.71. The van der Waals surface area contributed by atoms with Gasteiger partial charge in [-0.15, -0.1) is 0 Å². The maximum atomic E-state index is 13.0. The van der Waals surface area contributed by atoms with Gasteiger partial charge < -0.3 is 15.5 Å². The topological polar surface area (TPSA) is 78.5 Å². The summed E-state index contributed by atoms with van der Waals surface area (Å²) in [6.45, 7) is 4.48. The highest BCUT2D eigenvalue weighted by atomic mass is 19.1. The molecule has 1 saturated heterocycles. The molecule has 2 N–H and O–H groups in total. The summed E-state index contributed by atoms with van der Waals surface area (Å²) in [4.78, 5) is 38.3. The van der Waals surface area contributed by atoms with Gasteiger partial charge in [0.05, 0.1) is 0 Å². The fraction of sp³-hybridized carbons (Fsp3) is 0.348. The Labute approximate surface area is 175 Å². The summed E-state index contributed by atoms with van der Waals surface area (Å²) in [5.74, 6) is -0.548. The second-order valence-electron chi connectivity index (χ2n) is 7.68. The Balaban J connectivity index is 1.50.